The monoisotopic (exact) mass is 254 g/mol. The summed E-state index contributed by atoms with van der Waals surface area (Å²) in [5.74, 6) is -2.52. The molecule has 1 rings (SSSR count). The maximum absolute atomic E-state index is 11.0. The summed E-state index contributed by atoms with van der Waals surface area (Å²) in [6, 6.07) is 3.55. The van der Waals surface area contributed by atoms with Crippen molar-refractivity contribution in [3.05, 3.63) is 34.9 Å². The largest absolute Gasteiger partial charge is 0.478 e. The lowest BCUT2D eigenvalue weighted by Gasteiger charge is -2.13. The first kappa shape index (κ1) is 14.1. The van der Waals surface area contributed by atoms with Crippen LogP contribution in [0.4, 0.5) is 0 Å². The van der Waals surface area contributed by atoms with Crippen molar-refractivity contribution in [2.45, 2.75) is 18.9 Å². The van der Waals surface area contributed by atoms with Crippen molar-refractivity contribution in [3.63, 3.8) is 0 Å². The summed E-state index contributed by atoms with van der Waals surface area (Å²) in [4.78, 5) is 21.8. The molecule has 1 unspecified atom stereocenters. The van der Waals surface area contributed by atoms with E-state index in [9.17, 15) is 14.7 Å². The van der Waals surface area contributed by atoms with Crippen molar-refractivity contribution in [1.29, 1.82) is 0 Å². The third-order valence-corrected chi connectivity index (χ3v) is 2.53. The Kier molecular flexibility index (Phi) is 4.82. The lowest BCUT2D eigenvalue weighted by atomic mass is 9.97. The van der Waals surface area contributed by atoms with Gasteiger partial charge in [-0.1, -0.05) is 6.07 Å². The molecule has 0 heterocycles. The van der Waals surface area contributed by atoms with Crippen molar-refractivity contribution in [2.75, 3.05) is 6.61 Å². The molecule has 18 heavy (non-hydrogen) atoms. The Morgan fingerprint density at radius 1 is 1.17 bits per heavy atom. The van der Waals surface area contributed by atoms with Gasteiger partial charge in [-0.3, -0.25) is 0 Å². The first-order valence-corrected chi connectivity index (χ1v) is 5.36. The summed E-state index contributed by atoms with van der Waals surface area (Å²) in [7, 11) is 0. The summed E-state index contributed by atoms with van der Waals surface area (Å²) < 4.78 is 0. The molecule has 4 N–H and O–H groups in total. The highest BCUT2D eigenvalue weighted by molar-refractivity contribution is 5.94. The van der Waals surface area contributed by atoms with E-state index in [-0.39, 0.29) is 29.7 Å². The molecule has 0 radical (unpaired) electrons. The third-order valence-electron chi connectivity index (χ3n) is 2.53. The molecule has 0 saturated carbocycles. The Morgan fingerprint density at radius 3 is 2.33 bits per heavy atom. The number of carbonyl (C=O) groups is 2. The number of carboxylic acids is 2. The SMILES string of the molecule is O=C(O)c1ccc(C(O)CCCO)c(C(=O)O)c1. The number of aliphatic hydroxyl groups is 2. The van der Waals surface area contributed by atoms with Crippen LogP contribution in [-0.2, 0) is 0 Å². The fourth-order valence-corrected chi connectivity index (χ4v) is 1.61. The lowest BCUT2D eigenvalue weighted by molar-refractivity contribution is 0.0687. The molecular formula is C12H14O6. The Hall–Kier alpha value is -1.92. The van der Waals surface area contributed by atoms with E-state index in [4.69, 9.17) is 15.3 Å². The smallest absolute Gasteiger partial charge is 0.336 e. The van der Waals surface area contributed by atoms with E-state index in [0.29, 0.717) is 6.42 Å². The van der Waals surface area contributed by atoms with E-state index < -0.39 is 18.0 Å². The second-order valence-corrected chi connectivity index (χ2v) is 3.79. The number of aliphatic hydroxyl groups excluding tert-OH is 2. The van der Waals surface area contributed by atoms with Crippen LogP contribution in [0.25, 0.3) is 0 Å². The summed E-state index contributed by atoms with van der Waals surface area (Å²) in [5, 5.41) is 36.2. The van der Waals surface area contributed by atoms with Crippen molar-refractivity contribution in [2.24, 2.45) is 0 Å². The number of aromatic carboxylic acids is 2. The topological polar surface area (TPSA) is 115 Å². The molecule has 1 atom stereocenters. The summed E-state index contributed by atoms with van der Waals surface area (Å²) in [5.41, 5.74) is -0.230. The average Bonchev–Trinajstić information content (AvgIpc) is 2.34. The van der Waals surface area contributed by atoms with Crippen molar-refractivity contribution in [1.82, 2.24) is 0 Å². The van der Waals surface area contributed by atoms with Crippen LogP contribution in [-0.4, -0.2) is 39.0 Å². The number of rotatable bonds is 6. The zero-order valence-corrected chi connectivity index (χ0v) is 9.54. The quantitative estimate of drug-likeness (QED) is 0.599. The van der Waals surface area contributed by atoms with Gasteiger partial charge in [-0.15, -0.1) is 0 Å². The van der Waals surface area contributed by atoms with Crippen molar-refractivity contribution in [3.8, 4) is 0 Å². The maximum atomic E-state index is 11.0. The molecule has 0 amide bonds. The normalized spacial score (nSPS) is 12.1. The number of hydrogen-bond donors (Lipinski definition) is 4. The zero-order chi connectivity index (χ0) is 13.7. The molecule has 0 saturated heterocycles. The highest BCUT2D eigenvalue weighted by Gasteiger charge is 2.18. The number of benzene rings is 1. The van der Waals surface area contributed by atoms with Gasteiger partial charge in [0.2, 0.25) is 0 Å². The second kappa shape index (κ2) is 6.13. The standard InChI is InChI=1S/C12H14O6/c13-5-1-2-10(14)8-4-3-7(11(15)16)6-9(8)12(17)18/h3-4,6,10,13-14H,1-2,5H2,(H,15,16)(H,17,18). The zero-order valence-electron chi connectivity index (χ0n) is 9.54. The van der Waals surface area contributed by atoms with Crippen molar-refractivity contribution < 1.29 is 30.0 Å². The highest BCUT2D eigenvalue weighted by Crippen LogP contribution is 2.23. The minimum atomic E-state index is -1.30. The van der Waals surface area contributed by atoms with Gasteiger partial charge in [-0.2, -0.15) is 0 Å². The molecule has 0 aliphatic carbocycles. The molecule has 6 nitrogen and oxygen atoms in total. The van der Waals surface area contributed by atoms with Crippen LogP contribution in [0, 0.1) is 0 Å². The fraction of sp³-hybridized carbons (Fsp3) is 0.333. The van der Waals surface area contributed by atoms with Gasteiger partial charge >= 0.3 is 11.9 Å². The second-order valence-electron chi connectivity index (χ2n) is 3.79. The van der Waals surface area contributed by atoms with Gasteiger partial charge in [-0.25, -0.2) is 9.59 Å². The summed E-state index contributed by atoms with van der Waals surface area (Å²) >= 11 is 0. The van der Waals surface area contributed by atoms with Gasteiger partial charge in [0.05, 0.1) is 17.2 Å². The minimum absolute atomic E-state index is 0.104. The first-order valence-electron chi connectivity index (χ1n) is 5.36. The van der Waals surface area contributed by atoms with E-state index >= 15 is 0 Å². The molecule has 1 aromatic rings. The van der Waals surface area contributed by atoms with E-state index in [1.54, 1.807) is 0 Å². The van der Waals surface area contributed by atoms with Crippen LogP contribution in [0.3, 0.4) is 0 Å². The van der Waals surface area contributed by atoms with Crippen LogP contribution in [0.2, 0.25) is 0 Å². The molecule has 0 spiro atoms. The molecule has 98 valence electrons. The lowest BCUT2D eigenvalue weighted by Crippen LogP contribution is -2.10. The summed E-state index contributed by atoms with van der Waals surface area (Å²) in [6.07, 6.45) is -0.490. The van der Waals surface area contributed by atoms with Crippen LogP contribution >= 0.6 is 0 Å². The predicted molar refractivity (Wildman–Crippen MR) is 61.6 cm³/mol. The predicted octanol–water partition coefficient (Wildman–Crippen LogP) is 0.889. The molecule has 6 heteroatoms. The minimum Gasteiger partial charge on any atom is -0.478 e. The molecule has 0 fully saturated rings. The van der Waals surface area contributed by atoms with Crippen LogP contribution < -0.4 is 0 Å². The highest BCUT2D eigenvalue weighted by atomic mass is 16.4. The molecular weight excluding hydrogens is 240 g/mol. The number of carboxylic acid groups (broad SMARTS) is 2. The number of hydrogen-bond acceptors (Lipinski definition) is 4. The van der Waals surface area contributed by atoms with Gasteiger partial charge in [0.25, 0.3) is 0 Å². The fourth-order valence-electron chi connectivity index (χ4n) is 1.61. The third kappa shape index (κ3) is 3.28. The van der Waals surface area contributed by atoms with Gasteiger partial charge < -0.3 is 20.4 Å². The molecule has 0 aromatic heterocycles. The Bertz CT molecular complexity index is 454. The summed E-state index contributed by atoms with van der Waals surface area (Å²) in [6.45, 7) is -0.104. The van der Waals surface area contributed by atoms with E-state index in [2.05, 4.69) is 0 Å². The molecule has 0 aliphatic rings. The van der Waals surface area contributed by atoms with Gasteiger partial charge in [-0.05, 0) is 30.5 Å². The molecule has 0 aliphatic heterocycles. The van der Waals surface area contributed by atoms with Gasteiger partial charge in [0, 0.05) is 6.61 Å². The first-order chi connectivity index (χ1) is 8.47. The maximum Gasteiger partial charge on any atom is 0.336 e. The van der Waals surface area contributed by atoms with Crippen LogP contribution in [0.5, 0.6) is 0 Å². The van der Waals surface area contributed by atoms with Crippen LogP contribution in [0.15, 0.2) is 18.2 Å². The Balaban J connectivity index is 3.11. The molecule has 0 bridgehead atoms. The van der Waals surface area contributed by atoms with Crippen LogP contribution in [0.1, 0.15) is 45.2 Å². The van der Waals surface area contributed by atoms with Gasteiger partial charge in [0.1, 0.15) is 0 Å². The van der Waals surface area contributed by atoms with Crippen molar-refractivity contribution >= 4 is 11.9 Å². The van der Waals surface area contributed by atoms with E-state index in [1.807, 2.05) is 0 Å². The molecule has 1 aromatic carbocycles. The van der Waals surface area contributed by atoms with E-state index in [0.717, 1.165) is 6.07 Å². The van der Waals surface area contributed by atoms with E-state index in [1.165, 1.54) is 12.1 Å². The Labute approximate surface area is 103 Å². The van der Waals surface area contributed by atoms with Gasteiger partial charge in [0.15, 0.2) is 0 Å². The Morgan fingerprint density at radius 2 is 1.83 bits per heavy atom. The average molecular weight is 254 g/mol.